The van der Waals surface area contributed by atoms with Crippen LogP contribution in [0.2, 0.25) is 0 Å². The second-order valence-electron chi connectivity index (χ2n) is 4.27. The van der Waals surface area contributed by atoms with Crippen molar-refractivity contribution in [1.29, 1.82) is 0 Å². The minimum absolute atomic E-state index is 0.405. The van der Waals surface area contributed by atoms with Crippen molar-refractivity contribution in [2.45, 2.75) is 11.8 Å². The van der Waals surface area contributed by atoms with Gasteiger partial charge in [0.1, 0.15) is 0 Å². The summed E-state index contributed by atoms with van der Waals surface area (Å²) in [6.45, 7) is 0. The number of nitrogens with one attached hydrogen (secondary N) is 1. The molecule has 0 aromatic heterocycles. The molecule has 0 unspecified atom stereocenters. The van der Waals surface area contributed by atoms with Gasteiger partial charge in [-0.1, -0.05) is 30.3 Å². The molecule has 1 aromatic rings. The molecule has 19 heavy (non-hydrogen) atoms. The molecule has 1 aromatic carbocycles. The van der Waals surface area contributed by atoms with Gasteiger partial charge in [-0.2, -0.15) is 0 Å². The van der Waals surface area contributed by atoms with Crippen LogP contribution in [-0.4, -0.2) is 44.4 Å². The van der Waals surface area contributed by atoms with Crippen molar-refractivity contribution in [3.05, 3.63) is 35.9 Å². The summed E-state index contributed by atoms with van der Waals surface area (Å²) in [5.41, 5.74) is -0.734. The van der Waals surface area contributed by atoms with Crippen LogP contribution in [0.25, 0.3) is 0 Å². The maximum absolute atomic E-state index is 12.5. The van der Waals surface area contributed by atoms with E-state index in [1.165, 1.54) is 21.3 Å². The van der Waals surface area contributed by atoms with Crippen molar-refractivity contribution >= 4 is 11.9 Å². The number of carbonyl (C=O) groups is 2. The molecule has 6 heteroatoms. The fourth-order valence-electron chi connectivity index (χ4n) is 2.31. The molecule has 0 spiro atoms. The Kier molecular flexibility index (Phi) is 3.55. The number of benzene rings is 1. The topological polar surface area (TPSA) is 67.9 Å². The molecule has 6 nitrogen and oxygen atoms in total. The van der Waals surface area contributed by atoms with Crippen molar-refractivity contribution in [2.24, 2.45) is 0 Å². The van der Waals surface area contributed by atoms with Crippen LogP contribution in [-0.2, 0) is 19.8 Å². The Hall–Kier alpha value is -1.92. The van der Waals surface area contributed by atoms with Crippen LogP contribution < -0.4 is 5.32 Å². The van der Waals surface area contributed by atoms with E-state index in [0.29, 0.717) is 5.56 Å². The van der Waals surface area contributed by atoms with Crippen LogP contribution in [0.3, 0.4) is 0 Å². The molecular weight excluding hydrogens is 248 g/mol. The lowest BCUT2D eigenvalue weighted by atomic mass is 9.89. The Morgan fingerprint density at radius 2 is 1.74 bits per heavy atom. The molecule has 1 N–H and O–H groups in total. The Bertz CT molecular complexity index is 487. The minimum atomic E-state index is -1.35. The lowest BCUT2D eigenvalue weighted by molar-refractivity contribution is -0.169. The fourth-order valence-corrected chi connectivity index (χ4v) is 2.31. The van der Waals surface area contributed by atoms with E-state index in [0.717, 1.165) is 4.90 Å². The molecule has 0 aliphatic carbocycles. The van der Waals surface area contributed by atoms with Gasteiger partial charge in [0.2, 0.25) is 0 Å². The van der Waals surface area contributed by atoms with Crippen LogP contribution in [0, 0.1) is 0 Å². The molecule has 0 bridgehead atoms. The number of urea groups is 1. The number of rotatable bonds is 4. The van der Waals surface area contributed by atoms with E-state index >= 15 is 0 Å². The highest BCUT2D eigenvalue weighted by atomic mass is 16.7. The smallest absolute Gasteiger partial charge is 0.325 e. The Labute approximate surface area is 111 Å². The van der Waals surface area contributed by atoms with E-state index in [4.69, 9.17) is 9.47 Å². The third kappa shape index (κ3) is 1.89. The molecule has 1 heterocycles. The Morgan fingerprint density at radius 1 is 1.16 bits per heavy atom. The van der Waals surface area contributed by atoms with E-state index in [2.05, 4.69) is 5.32 Å². The molecule has 1 aliphatic rings. The highest BCUT2D eigenvalue weighted by Crippen LogP contribution is 2.33. The summed E-state index contributed by atoms with van der Waals surface area (Å²) in [6.07, 6.45) is -0.906. The zero-order valence-electron chi connectivity index (χ0n) is 11.0. The first-order chi connectivity index (χ1) is 9.07. The summed E-state index contributed by atoms with van der Waals surface area (Å²) in [4.78, 5) is 25.3. The van der Waals surface area contributed by atoms with Gasteiger partial charge in [0.15, 0.2) is 11.8 Å². The quantitative estimate of drug-likeness (QED) is 0.641. The fraction of sp³-hybridized carbons (Fsp3) is 0.385. The summed E-state index contributed by atoms with van der Waals surface area (Å²) in [5, 5.41) is 2.67. The molecule has 3 amide bonds. The van der Waals surface area contributed by atoms with Crippen molar-refractivity contribution in [3.63, 3.8) is 0 Å². The number of nitrogens with zero attached hydrogens (tertiary/aromatic N) is 1. The highest BCUT2D eigenvalue weighted by Gasteiger charge is 2.57. The van der Waals surface area contributed by atoms with Gasteiger partial charge < -0.3 is 14.8 Å². The van der Waals surface area contributed by atoms with E-state index in [9.17, 15) is 9.59 Å². The second kappa shape index (κ2) is 4.99. The van der Waals surface area contributed by atoms with Gasteiger partial charge in [-0.25, -0.2) is 4.79 Å². The number of amides is 3. The summed E-state index contributed by atoms with van der Waals surface area (Å²) < 4.78 is 10.4. The lowest BCUT2D eigenvalue weighted by Gasteiger charge is -2.33. The van der Waals surface area contributed by atoms with Gasteiger partial charge in [-0.05, 0) is 5.56 Å². The summed E-state index contributed by atoms with van der Waals surface area (Å²) in [5.74, 6) is -0.405. The zero-order valence-corrected chi connectivity index (χ0v) is 11.0. The molecule has 102 valence electrons. The molecule has 1 fully saturated rings. The molecular formula is C13H16N2O4. The van der Waals surface area contributed by atoms with Gasteiger partial charge in [0.25, 0.3) is 5.91 Å². The van der Waals surface area contributed by atoms with Gasteiger partial charge in [-0.3, -0.25) is 9.69 Å². The highest BCUT2D eigenvalue weighted by molar-refractivity contribution is 6.07. The Balaban J connectivity index is 2.58. The number of hydrogen-bond acceptors (Lipinski definition) is 4. The maximum atomic E-state index is 12.5. The van der Waals surface area contributed by atoms with Gasteiger partial charge in [0, 0.05) is 21.3 Å². The normalized spacial score (nSPS) is 23.1. The molecule has 0 radical (unpaired) electrons. The van der Waals surface area contributed by atoms with Crippen LogP contribution >= 0.6 is 0 Å². The molecule has 1 atom stereocenters. The number of imide groups is 1. The predicted octanol–water partition coefficient (Wildman–Crippen LogP) is 0.682. The first-order valence-corrected chi connectivity index (χ1v) is 5.79. The SMILES string of the molecule is COC(OC)[C@@]1(c2ccccc2)NC(=O)N(C)C1=O. The average molecular weight is 264 g/mol. The first-order valence-electron chi connectivity index (χ1n) is 5.79. The van der Waals surface area contributed by atoms with Crippen molar-refractivity contribution in [3.8, 4) is 0 Å². The lowest BCUT2D eigenvalue weighted by Crippen LogP contribution is -2.54. The maximum Gasteiger partial charge on any atom is 0.325 e. The largest absolute Gasteiger partial charge is 0.353 e. The monoisotopic (exact) mass is 264 g/mol. The standard InChI is InChI=1S/C13H16N2O4/c1-15-10(16)13(14-12(15)17,11(18-2)19-3)9-7-5-4-6-8-9/h4-8,11H,1-3H3,(H,14,17)/t13-/m0/s1. The van der Waals surface area contributed by atoms with E-state index in [-0.39, 0.29) is 0 Å². The molecule has 1 aliphatic heterocycles. The van der Waals surface area contributed by atoms with E-state index in [1.54, 1.807) is 24.3 Å². The molecule has 0 saturated carbocycles. The van der Waals surface area contributed by atoms with Crippen molar-refractivity contribution < 1.29 is 19.1 Å². The van der Waals surface area contributed by atoms with Crippen LogP contribution in [0.1, 0.15) is 5.56 Å². The van der Waals surface area contributed by atoms with Crippen LogP contribution in [0.15, 0.2) is 30.3 Å². The molecule has 1 saturated heterocycles. The van der Waals surface area contributed by atoms with E-state index in [1.807, 2.05) is 6.07 Å². The minimum Gasteiger partial charge on any atom is -0.353 e. The Morgan fingerprint density at radius 3 is 2.16 bits per heavy atom. The van der Waals surface area contributed by atoms with Crippen molar-refractivity contribution in [1.82, 2.24) is 10.2 Å². The third-order valence-corrected chi connectivity index (χ3v) is 3.26. The third-order valence-electron chi connectivity index (χ3n) is 3.26. The van der Waals surface area contributed by atoms with Gasteiger partial charge >= 0.3 is 6.03 Å². The number of ether oxygens (including phenoxy) is 2. The predicted molar refractivity (Wildman–Crippen MR) is 67.2 cm³/mol. The number of hydrogen-bond donors (Lipinski definition) is 1. The zero-order chi connectivity index (χ0) is 14.0. The molecule has 2 rings (SSSR count). The summed E-state index contributed by atoms with van der Waals surface area (Å²) in [7, 11) is 4.28. The summed E-state index contributed by atoms with van der Waals surface area (Å²) >= 11 is 0. The van der Waals surface area contributed by atoms with Gasteiger partial charge in [0.05, 0.1) is 0 Å². The average Bonchev–Trinajstić information content (AvgIpc) is 2.67. The number of methoxy groups -OCH3 is 2. The van der Waals surface area contributed by atoms with Gasteiger partial charge in [-0.15, -0.1) is 0 Å². The second-order valence-corrected chi connectivity index (χ2v) is 4.27. The summed E-state index contributed by atoms with van der Waals surface area (Å²) in [6, 6.07) is 8.43. The number of likely N-dealkylation sites (N-methyl/N-ethyl adjacent to an activating group) is 1. The van der Waals surface area contributed by atoms with Crippen LogP contribution in [0.5, 0.6) is 0 Å². The van der Waals surface area contributed by atoms with Crippen LogP contribution in [0.4, 0.5) is 4.79 Å². The number of carbonyl (C=O) groups excluding carboxylic acids is 2. The van der Waals surface area contributed by atoms with E-state index < -0.39 is 23.8 Å². The van der Waals surface area contributed by atoms with Crippen molar-refractivity contribution in [2.75, 3.05) is 21.3 Å². The first kappa shape index (κ1) is 13.5.